The molecule has 1 aromatic carbocycles. The van der Waals surface area contributed by atoms with Crippen LogP contribution in [-0.2, 0) is 6.54 Å². The van der Waals surface area contributed by atoms with Gasteiger partial charge in [-0.3, -0.25) is 0 Å². The molecule has 2 rings (SSSR count). The number of aromatic nitrogens is 2. The summed E-state index contributed by atoms with van der Waals surface area (Å²) in [6.45, 7) is 7.61. The van der Waals surface area contributed by atoms with E-state index in [1.807, 2.05) is 13.4 Å². The van der Waals surface area contributed by atoms with Gasteiger partial charge in [0.1, 0.15) is 0 Å². The number of benzene rings is 1. The first kappa shape index (κ1) is 14.1. The van der Waals surface area contributed by atoms with Crippen molar-refractivity contribution in [3.8, 4) is 0 Å². The lowest BCUT2D eigenvalue weighted by Gasteiger charge is -2.10. The van der Waals surface area contributed by atoms with Crippen LogP contribution in [-0.4, -0.2) is 22.6 Å². The van der Waals surface area contributed by atoms with Crippen molar-refractivity contribution in [2.24, 2.45) is 0 Å². The lowest BCUT2D eigenvalue weighted by molar-refractivity contribution is 0.508. The zero-order valence-corrected chi connectivity index (χ0v) is 12.5. The molecular weight excluding hydrogens is 234 g/mol. The smallest absolute Gasteiger partial charge is 0.0958 e. The topological polar surface area (TPSA) is 29.9 Å². The van der Waals surface area contributed by atoms with Crippen LogP contribution in [0.3, 0.4) is 0 Å². The zero-order chi connectivity index (χ0) is 13.8. The summed E-state index contributed by atoms with van der Waals surface area (Å²) in [7, 11) is 2.03. The normalized spacial score (nSPS) is 13.1. The van der Waals surface area contributed by atoms with E-state index in [1.54, 1.807) is 0 Å². The van der Waals surface area contributed by atoms with Gasteiger partial charge in [0, 0.05) is 12.6 Å². The summed E-state index contributed by atoms with van der Waals surface area (Å²) in [6, 6.07) is 5.06. The minimum atomic E-state index is 0.615. The van der Waals surface area contributed by atoms with Crippen LogP contribution in [0.5, 0.6) is 0 Å². The summed E-state index contributed by atoms with van der Waals surface area (Å²) in [5.74, 6) is 0. The summed E-state index contributed by atoms with van der Waals surface area (Å²) < 4.78 is 2.28. The minimum absolute atomic E-state index is 0.615. The molecule has 2 aromatic rings. The Morgan fingerprint density at radius 3 is 2.68 bits per heavy atom. The molecule has 1 aromatic heterocycles. The van der Waals surface area contributed by atoms with Gasteiger partial charge < -0.3 is 9.88 Å². The Kier molecular flexibility index (Phi) is 4.59. The predicted molar refractivity (Wildman–Crippen MR) is 81.6 cm³/mol. The van der Waals surface area contributed by atoms with Crippen LogP contribution < -0.4 is 5.32 Å². The van der Waals surface area contributed by atoms with Gasteiger partial charge in [-0.2, -0.15) is 0 Å². The number of imidazole rings is 1. The lowest BCUT2D eigenvalue weighted by Crippen LogP contribution is -2.20. The molecule has 1 heterocycles. The lowest BCUT2D eigenvalue weighted by atomic mass is 10.1. The van der Waals surface area contributed by atoms with Crippen LogP contribution in [0.15, 0.2) is 18.5 Å². The second-order valence-corrected chi connectivity index (χ2v) is 5.55. The number of nitrogens with one attached hydrogen (secondary N) is 1. The standard InChI is InChI=1S/C16H25N3/c1-12-9-15-16(10-13(12)2)19(11-18-15)8-6-5-7-14(3)17-4/h9-11,14,17H,5-8H2,1-4H3. The average molecular weight is 259 g/mol. The van der Waals surface area contributed by atoms with E-state index in [9.17, 15) is 0 Å². The summed E-state index contributed by atoms with van der Waals surface area (Å²) in [4.78, 5) is 4.50. The van der Waals surface area contributed by atoms with Gasteiger partial charge in [-0.15, -0.1) is 0 Å². The Hall–Kier alpha value is -1.35. The molecule has 1 N–H and O–H groups in total. The molecule has 104 valence electrons. The molecule has 0 spiro atoms. The first-order valence-corrected chi connectivity index (χ1v) is 7.21. The Labute approximate surface area is 116 Å². The van der Waals surface area contributed by atoms with Crippen molar-refractivity contribution < 1.29 is 0 Å². The number of fused-ring (bicyclic) bond motifs is 1. The van der Waals surface area contributed by atoms with E-state index in [-0.39, 0.29) is 0 Å². The van der Waals surface area contributed by atoms with Crippen molar-refractivity contribution in [3.63, 3.8) is 0 Å². The first-order valence-electron chi connectivity index (χ1n) is 7.21. The third kappa shape index (κ3) is 3.35. The molecule has 3 heteroatoms. The monoisotopic (exact) mass is 259 g/mol. The Morgan fingerprint density at radius 1 is 1.21 bits per heavy atom. The molecule has 0 amide bonds. The van der Waals surface area contributed by atoms with Crippen molar-refractivity contribution in [1.29, 1.82) is 0 Å². The average Bonchev–Trinajstić information content (AvgIpc) is 2.77. The Bertz CT molecular complexity index is 542. The first-order chi connectivity index (χ1) is 9.11. The highest BCUT2D eigenvalue weighted by molar-refractivity contribution is 5.77. The van der Waals surface area contributed by atoms with E-state index in [0.717, 1.165) is 12.1 Å². The predicted octanol–water partition coefficient (Wildman–Crippen LogP) is 3.43. The van der Waals surface area contributed by atoms with E-state index in [0.29, 0.717) is 6.04 Å². The summed E-state index contributed by atoms with van der Waals surface area (Å²) in [5.41, 5.74) is 5.05. The third-order valence-electron chi connectivity index (χ3n) is 4.02. The molecule has 1 atom stereocenters. The second kappa shape index (κ2) is 6.20. The molecule has 1 unspecified atom stereocenters. The molecule has 0 saturated heterocycles. The minimum Gasteiger partial charge on any atom is -0.331 e. The van der Waals surface area contributed by atoms with Crippen LogP contribution in [0.4, 0.5) is 0 Å². The maximum Gasteiger partial charge on any atom is 0.0958 e. The second-order valence-electron chi connectivity index (χ2n) is 5.55. The highest BCUT2D eigenvalue weighted by atomic mass is 15.0. The van der Waals surface area contributed by atoms with Crippen molar-refractivity contribution >= 4 is 11.0 Å². The molecule has 0 radical (unpaired) electrons. The highest BCUT2D eigenvalue weighted by Crippen LogP contribution is 2.19. The maximum atomic E-state index is 4.50. The number of nitrogens with zero attached hydrogens (tertiary/aromatic N) is 2. The van der Waals surface area contributed by atoms with Crippen LogP contribution in [0.25, 0.3) is 11.0 Å². The molecule has 19 heavy (non-hydrogen) atoms. The van der Waals surface area contributed by atoms with E-state index in [2.05, 4.69) is 47.8 Å². The number of aryl methyl sites for hydroxylation is 3. The van der Waals surface area contributed by atoms with E-state index in [4.69, 9.17) is 0 Å². The zero-order valence-electron chi connectivity index (χ0n) is 12.5. The number of hydrogen-bond donors (Lipinski definition) is 1. The van der Waals surface area contributed by atoms with E-state index in [1.165, 1.54) is 35.9 Å². The summed E-state index contributed by atoms with van der Waals surface area (Å²) >= 11 is 0. The highest BCUT2D eigenvalue weighted by Gasteiger charge is 2.05. The van der Waals surface area contributed by atoms with E-state index >= 15 is 0 Å². The Morgan fingerprint density at radius 2 is 1.95 bits per heavy atom. The van der Waals surface area contributed by atoms with Gasteiger partial charge >= 0.3 is 0 Å². The molecule has 0 fully saturated rings. The fraction of sp³-hybridized carbons (Fsp3) is 0.562. The van der Waals surface area contributed by atoms with Crippen LogP contribution >= 0.6 is 0 Å². The summed E-state index contributed by atoms with van der Waals surface area (Å²) in [6.07, 6.45) is 5.68. The number of rotatable bonds is 6. The van der Waals surface area contributed by atoms with Gasteiger partial charge in [0.15, 0.2) is 0 Å². The molecule has 0 aliphatic heterocycles. The maximum absolute atomic E-state index is 4.50. The van der Waals surface area contributed by atoms with Gasteiger partial charge in [-0.1, -0.05) is 6.42 Å². The van der Waals surface area contributed by atoms with Crippen molar-refractivity contribution in [3.05, 3.63) is 29.6 Å². The molecule has 0 saturated carbocycles. The third-order valence-corrected chi connectivity index (χ3v) is 4.02. The molecule has 0 aliphatic carbocycles. The van der Waals surface area contributed by atoms with Gasteiger partial charge in [0.25, 0.3) is 0 Å². The fourth-order valence-electron chi connectivity index (χ4n) is 2.37. The van der Waals surface area contributed by atoms with Crippen molar-refractivity contribution in [2.45, 2.75) is 52.6 Å². The van der Waals surface area contributed by atoms with Gasteiger partial charge in [0.2, 0.25) is 0 Å². The van der Waals surface area contributed by atoms with E-state index < -0.39 is 0 Å². The molecular formula is C16H25N3. The largest absolute Gasteiger partial charge is 0.331 e. The van der Waals surface area contributed by atoms with Gasteiger partial charge in [-0.05, 0) is 63.9 Å². The van der Waals surface area contributed by atoms with Crippen LogP contribution in [0.2, 0.25) is 0 Å². The van der Waals surface area contributed by atoms with Crippen LogP contribution in [0.1, 0.15) is 37.3 Å². The molecule has 0 aliphatic rings. The SMILES string of the molecule is CNC(C)CCCCn1cnc2cc(C)c(C)cc21. The summed E-state index contributed by atoms with van der Waals surface area (Å²) in [5, 5.41) is 3.28. The van der Waals surface area contributed by atoms with Gasteiger partial charge in [-0.25, -0.2) is 4.98 Å². The van der Waals surface area contributed by atoms with Crippen molar-refractivity contribution in [2.75, 3.05) is 7.05 Å². The fourth-order valence-corrected chi connectivity index (χ4v) is 2.37. The van der Waals surface area contributed by atoms with Gasteiger partial charge in [0.05, 0.1) is 17.4 Å². The number of unbranched alkanes of at least 4 members (excludes halogenated alkanes) is 1. The quantitative estimate of drug-likeness (QED) is 0.805. The molecule has 0 bridgehead atoms. The van der Waals surface area contributed by atoms with Crippen LogP contribution in [0, 0.1) is 13.8 Å². The number of hydrogen-bond acceptors (Lipinski definition) is 2. The Balaban J connectivity index is 1.99. The molecule has 3 nitrogen and oxygen atoms in total. The van der Waals surface area contributed by atoms with Crippen molar-refractivity contribution in [1.82, 2.24) is 14.9 Å².